The molecule has 4 saturated heterocycles. The average molecular weight is 625 g/mol. The van der Waals surface area contributed by atoms with Crippen LogP contribution in [0, 0.1) is 11.8 Å². The lowest BCUT2D eigenvalue weighted by Gasteiger charge is -2.50. The molecule has 1 spiro atoms. The third kappa shape index (κ3) is 5.93. The number of aliphatic hydroxyl groups excluding tert-OH is 2. The number of aliphatic hydroxyl groups is 2. The molecular formula is C35H48O8Si. The molecule has 9 heteroatoms. The summed E-state index contributed by atoms with van der Waals surface area (Å²) in [5.74, 6) is -0.702. The van der Waals surface area contributed by atoms with Gasteiger partial charge in [-0.05, 0) is 21.3 Å². The molecule has 4 heterocycles. The number of carbonyl (C=O) groups is 1. The van der Waals surface area contributed by atoms with Gasteiger partial charge in [-0.3, -0.25) is 4.79 Å². The molecule has 4 aliphatic rings. The maximum Gasteiger partial charge on any atom is 0.308 e. The molecule has 4 fully saturated rings. The molecular weight excluding hydrogens is 576 g/mol. The average Bonchev–Trinajstić information content (AvgIpc) is 3.57. The minimum Gasteiger partial charge on any atom is -0.459 e. The van der Waals surface area contributed by atoms with Gasteiger partial charge < -0.3 is 33.6 Å². The van der Waals surface area contributed by atoms with Crippen molar-refractivity contribution < 1.29 is 38.4 Å². The molecule has 2 aromatic rings. The molecule has 2 N–H and O–H groups in total. The zero-order valence-corrected chi connectivity index (χ0v) is 27.6. The molecule has 0 aliphatic carbocycles. The van der Waals surface area contributed by atoms with Crippen LogP contribution in [-0.4, -0.2) is 79.6 Å². The van der Waals surface area contributed by atoms with Gasteiger partial charge >= 0.3 is 5.97 Å². The highest BCUT2D eigenvalue weighted by atomic mass is 28.4. The Kier molecular flexibility index (Phi) is 8.86. The third-order valence-corrected chi connectivity index (χ3v) is 15.1. The van der Waals surface area contributed by atoms with Crippen LogP contribution in [0.15, 0.2) is 60.7 Å². The molecule has 4 aliphatic heterocycles. The Balaban J connectivity index is 1.11. The molecule has 10 atom stereocenters. The first kappa shape index (κ1) is 31.9. The van der Waals surface area contributed by atoms with Crippen LogP contribution in [-0.2, 0) is 28.2 Å². The van der Waals surface area contributed by atoms with Crippen molar-refractivity contribution in [3.05, 3.63) is 60.7 Å². The molecule has 0 amide bonds. The predicted octanol–water partition coefficient (Wildman–Crippen LogP) is 3.69. The molecule has 2 aromatic carbocycles. The van der Waals surface area contributed by atoms with Crippen molar-refractivity contribution in [1.29, 1.82) is 0 Å². The first-order chi connectivity index (χ1) is 20.9. The van der Waals surface area contributed by atoms with Crippen molar-refractivity contribution in [1.82, 2.24) is 0 Å². The molecule has 240 valence electrons. The van der Waals surface area contributed by atoms with E-state index in [2.05, 4.69) is 58.9 Å². The maximum atomic E-state index is 12.0. The molecule has 0 bridgehead atoms. The Morgan fingerprint density at radius 2 is 1.48 bits per heavy atom. The fraction of sp³-hybridized carbons (Fsp3) is 0.629. The maximum absolute atomic E-state index is 12.0. The van der Waals surface area contributed by atoms with Gasteiger partial charge in [-0.2, -0.15) is 0 Å². The fourth-order valence-electron chi connectivity index (χ4n) is 8.27. The zero-order valence-electron chi connectivity index (χ0n) is 26.6. The summed E-state index contributed by atoms with van der Waals surface area (Å²) in [6.45, 7) is 11.0. The van der Waals surface area contributed by atoms with E-state index >= 15 is 0 Å². The largest absolute Gasteiger partial charge is 0.459 e. The second-order valence-corrected chi connectivity index (χ2v) is 18.9. The topological polar surface area (TPSA) is 104 Å². The van der Waals surface area contributed by atoms with E-state index in [1.165, 1.54) is 0 Å². The van der Waals surface area contributed by atoms with Crippen LogP contribution in [0.25, 0.3) is 0 Å². The van der Waals surface area contributed by atoms with Crippen LogP contribution in [0.2, 0.25) is 5.04 Å². The van der Waals surface area contributed by atoms with E-state index in [4.69, 9.17) is 23.4 Å². The van der Waals surface area contributed by atoms with Gasteiger partial charge in [-0.25, -0.2) is 0 Å². The first-order valence-corrected chi connectivity index (χ1v) is 18.1. The number of esters is 1. The van der Waals surface area contributed by atoms with E-state index in [9.17, 15) is 15.0 Å². The Bertz CT molecular complexity index is 1250. The summed E-state index contributed by atoms with van der Waals surface area (Å²) < 4.78 is 31.9. The van der Waals surface area contributed by atoms with Crippen molar-refractivity contribution in [2.24, 2.45) is 11.8 Å². The van der Waals surface area contributed by atoms with Crippen molar-refractivity contribution in [3.63, 3.8) is 0 Å². The van der Waals surface area contributed by atoms with E-state index in [1.807, 2.05) is 36.4 Å². The van der Waals surface area contributed by atoms with Gasteiger partial charge in [0.2, 0.25) is 0 Å². The van der Waals surface area contributed by atoms with Gasteiger partial charge in [-0.15, -0.1) is 0 Å². The van der Waals surface area contributed by atoms with E-state index in [0.29, 0.717) is 19.3 Å². The lowest BCUT2D eigenvalue weighted by molar-refractivity contribution is -0.346. The van der Waals surface area contributed by atoms with Gasteiger partial charge in [-0.1, -0.05) is 95.3 Å². The van der Waals surface area contributed by atoms with Crippen molar-refractivity contribution in [3.8, 4) is 0 Å². The van der Waals surface area contributed by atoms with Crippen molar-refractivity contribution >= 4 is 24.7 Å². The molecule has 6 rings (SSSR count). The minimum atomic E-state index is -2.81. The summed E-state index contributed by atoms with van der Waals surface area (Å²) in [6, 6.07) is 20.7. The van der Waals surface area contributed by atoms with Gasteiger partial charge in [0.05, 0.1) is 43.5 Å². The second kappa shape index (κ2) is 12.2. The molecule has 0 radical (unpaired) electrons. The van der Waals surface area contributed by atoms with E-state index in [-0.39, 0.29) is 66.7 Å². The summed E-state index contributed by atoms with van der Waals surface area (Å²) in [6.07, 6.45) is -0.882. The number of ether oxygens (including phenoxy) is 4. The standard InChI is InChI=1S/C35H48O8Si/c1-22-19-35(20-23(2)33-30(43-35)18-31(38)41-33)42-29-17-28(40-32(22)29)27(37)16-24(36)21-39-44(34(3,4)5,25-12-8-6-9-13-25)26-14-10-7-11-15-26/h6-15,22-24,27-30,32-33,36-37H,16-21H2,1-5H3/t22-,23-,24+,27-,28-,29-,30-,32-,33-,35+/m0/s1. The fourth-order valence-corrected chi connectivity index (χ4v) is 12.9. The summed E-state index contributed by atoms with van der Waals surface area (Å²) in [7, 11) is -2.81. The SMILES string of the molecule is C[C@H]1C[C@@]2(C[C@H](C)[C@@H]3O[C@H]([C@@H](O)C[C@@H](O)CO[Si](c4ccccc4)(c4ccccc4)C(C)(C)C)C[C@@H]3O2)O[C@H]2CC(=O)O[C@H]21. The molecule has 0 saturated carbocycles. The highest BCUT2D eigenvalue weighted by Crippen LogP contribution is 2.49. The van der Waals surface area contributed by atoms with Crippen LogP contribution >= 0.6 is 0 Å². The Morgan fingerprint density at radius 3 is 2.07 bits per heavy atom. The number of carbonyl (C=O) groups excluding carboxylic acids is 1. The first-order valence-electron chi connectivity index (χ1n) is 16.2. The monoisotopic (exact) mass is 624 g/mol. The Morgan fingerprint density at radius 1 is 0.909 bits per heavy atom. The van der Waals surface area contributed by atoms with Crippen molar-refractivity contribution in [2.45, 2.75) is 120 Å². The lowest BCUT2D eigenvalue weighted by atomic mass is 9.80. The number of hydrogen-bond acceptors (Lipinski definition) is 8. The Labute approximate surface area is 262 Å². The van der Waals surface area contributed by atoms with E-state index in [1.54, 1.807) is 0 Å². The van der Waals surface area contributed by atoms with Crippen LogP contribution in [0.3, 0.4) is 0 Å². The summed E-state index contributed by atoms with van der Waals surface area (Å²) in [5.41, 5.74) is 0. The zero-order chi connectivity index (χ0) is 31.3. The van der Waals surface area contributed by atoms with Gasteiger partial charge in [0.25, 0.3) is 8.32 Å². The quantitative estimate of drug-likeness (QED) is 0.339. The van der Waals surface area contributed by atoms with Crippen molar-refractivity contribution in [2.75, 3.05) is 6.61 Å². The molecule has 0 unspecified atom stereocenters. The highest BCUT2D eigenvalue weighted by molar-refractivity contribution is 6.99. The van der Waals surface area contributed by atoms with Crippen LogP contribution in [0.5, 0.6) is 0 Å². The van der Waals surface area contributed by atoms with E-state index in [0.717, 1.165) is 10.4 Å². The summed E-state index contributed by atoms with van der Waals surface area (Å²) >= 11 is 0. The van der Waals surface area contributed by atoms with Gasteiger partial charge in [0.15, 0.2) is 5.79 Å². The second-order valence-electron chi connectivity index (χ2n) is 14.6. The number of rotatable bonds is 8. The van der Waals surface area contributed by atoms with Crippen LogP contribution < -0.4 is 10.4 Å². The highest BCUT2D eigenvalue weighted by Gasteiger charge is 2.58. The molecule has 0 aromatic heterocycles. The molecule has 44 heavy (non-hydrogen) atoms. The van der Waals surface area contributed by atoms with Crippen LogP contribution in [0.4, 0.5) is 0 Å². The van der Waals surface area contributed by atoms with Crippen LogP contribution in [0.1, 0.15) is 66.7 Å². The van der Waals surface area contributed by atoms with E-state index < -0.39 is 32.4 Å². The minimum absolute atomic E-state index is 0.106. The summed E-state index contributed by atoms with van der Waals surface area (Å²) in [5, 5.41) is 24.6. The number of hydrogen-bond donors (Lipinski definition) is 2. The van der Waals surface area contributed by atoms with Gasteiger partial charge in [0, 0.05) is 31.6 Å². The normalized spacial score (nSPS) is 35.2. The summed E-state index contributed by atoms with van der Waals surface area (Å²) in [4.78, 5) is 12.0. The molecule has 8 nitrogen and oxygen atoms in total. The Hall–Kier alpha value is -2.11. The smallest absolute Gasteiger partial charge is 0.308 e. The van der Waals surface area contributed by atoms with Gasteiger partial charge in [0.1, 0.15) is 12.2 Å². The number of fused-ring (bicyclic) bond motifs is 2. The third-order valence-electron chi connectivity index (χ3n) is 10.1. The lowest BCUT2D eigenvalue weighted by Crippen LogP contribution is -2.67. The predicted molar refractivity (Wildman–Crippen MR) is 168 cm³/mol. The number of benzene rings is 2.